The first kappa shape index (κ1) is 21.6. The molecule has 8 heteroatoms. The molecule has 7 nitrogen and oxygen atoms in total. The molecular weight excluding hydrogens is 402 g/mol. The maximum absolute atomic E-state index is 12.8. The van der Waals surface area contributed by atoms with Gasteiger partial charge in [0.15, 0.2) is 0 Å². The van der Waals surface area contributed by atoms with Crippen molar-refractivity contribution < 1.29 is 14.5 Å². The van der Waals surface area contributed by atoms with E-state index < -0.39 is 16.4 Å². The molecule has 3 aromatic rings. The smallest absolute Gasteiger partial charge is 0.344 e. The fourth-order valence-electron chi connectivity index (χ4n) is 2.74. The molecule has 0 amide bonds. The highest BCUT2D eigenvalue weighted by atomic mass is 32.2. The molecule has 0 saturated carbocycles. The molecular formula is C22H23N3O4S. The van der Waals surface area contributed by atoms with Crippen LogP contribution >= 0.6 is 11.8 Å². The van der Waals surface area contributed by atoms with Crippen LogP contribution in [0.3, 0.4) is 0 Å². The number of hydrogen-bond acceptors (Lipinski definition) is 6. The van der Waals surface area contributed by atoms with Crippen LogP contribution in [-0.2, 0) is 5.54 Å². The lowest BCUT2D eigenvalue weighted by atomic mass is 10.1. The van der Waals surface area contributed by atoms with Crippen LogP contribution in [0.4, 0.5) is 5.69 Å². The lowest BCUT2D eigenvalue weighted by molar-refractivity contribution is -0.384. The number of carbonyl (C=O) groups is 1. The van der Waals surface area contributed by atoms with Crippen molar-refractivity contribution in [1.29, 1.82) is 0 Å². The van der Waals surface area contributed by atoms with E-state index in [1.165, 1.54) is 36.0 Å². The number of rotatable bonds is 5. The van der Waals surface area contributed by atoms with E-state index in [9.17, 15) is 14.9 Å². The first-order chi connectivity index (χ1) is 14.1. The molecule has 0 radical (unpaired) electrons. The summed E-state index contributed by atoms with van der Waals surface area (Å²) < 4.78 is 7.47. The molecule has 30 heavy (non-hydrogen) atoms. The van der Waals surface area contributed by atoms with E-state index in [0.717, 1.165) is 21.0 Å². The highest BCUT2D eigenvalue weighted by Gasteiger charge is 2.27. The Morgan fingerprint density at radius 3 is 2.20 bits per heavy atom. The van der Waals surface area contributed by atoms with Crippen molar-refractivity contribution in [3.05, 3.63) is 75.5 Å². The molecule has 0 atom stereocenters. The second-order valence-electron chi connectivity index (χ2n) is 7.91. The Morgan fingerprint density at radius 1 is 1.07 bits per heavy atom. The number of nitrogens with zero attached hydrogens (tertiary/aromatic N) is 3. The minimum atomic E-state index is -0.596. The molecule has 2 aromatic carbocycles. The van der Waals surface area contributed by atoms with Crippen molar-refractivity contribution in [2.24, 2.45) is 0 Å². The predicted octanol–water partition coefficient (Wildman–Crippen LogP) is 5.53. The van der Waals surface area contributed by atoms with E-state index in [1.54, 1.807) is 4.68 Å². The van der Waals surface area contributed by atoms with Gasteiger partial charge < -0.3 is 4.74 Å². The highest BCUT2D eigenvalue weighted by Crippen LogP contribution is 2.40. The van der Waals surface area contributed by atoms with Crippen LogP contribution in [0.15, 0.2) is 58.3 Å². The van der Waals surface area contributed by atoms with Crippen molar-refractivity contribution >= 4 is 23.4 Å². The van der Waals surface area contributed by atoms with Gasteiger partial charge in [-0.2, -0.15) is 5.10 Å². The molecule has 0 fully saturated rings. The van der Waals surface area contributed by atoms with Crippen molar-refractivity contribution in [2.75, 3.05) is 0 Å². The minimum absolute atomic E-state index is 0.0854. The fraction of sp³-hybridized carbons (Fsp3) is 0.273. The number of esters is 1. The van der Waals surface area contributed by atoms with Gasteiger partial charge in [-0.25, -0.2) is 9.48 Å². The lowest BCUT2D eigenvalue weighted by Crippen LogP contribution is -2.25. The number of hydrogen-bond donors (Lipinski definition) is 0. The summed E-state index contributed by atoms with van der Waals surface area (Å²) in [6, 6.07) is 13.4. The van der Waals surface area contributed by atoms with Gasteiger partial charge >= 0.3 is 5.97 Å². The number of aryl methyl sites for hydroxylation is 2. The molecule has 1 heterocycles. The van der Waals surface area contributed by atoms with E-state index in [4.69, 9.17) is 4.74 Å². The average molecular weight is 426 g/mol. The predicted molar refractivity (Wildman–Crippen MR) is 115 cm³/mol. The van der Waals surface area contributed by atoms with Crippen molar-refractivity contribution in [2.45, 2.75) is 49.9 Å². The summed E-state index contributed by atoms with van der Waals surface area (Å²) in [4.78, 5) is 24.9. The molecule has 0 spiro atoms. The van der Waals surface area contributed by atoms with Gasteiger partial charge in [-0.15, -0.1) is 0 Å². The molecule has 0 aliphatic rings. The van der Waals surface area contributed by atoms with Gasteiger partial charge in [-0.3, -0.25) is 10.1 Å². The van der Waals surface area contributed by atoms with Crippen LogP contribution in [0.2, 0.25) is 0 Å². The summed E-state index contributed by atoms with van der Waals surface area (Å²) in [5, 5.41) is 15.5. The highest BCUT2D eigenvalue weighted by molar-refractivity contribution is 7.99. The third-order valence-corrected chi connectivity index (χ3v) is 5.53. The van der Waals surface area contributed by atoms with Gasteiger partial charge in [-0.1, -0.05) is 29.5 Å². The Morgan fingerprint density at radius 2 is 1.67 bits per heavy atom. The molecule has 1 aromatic heterocycles. The van der Waals surface area contributed by atoms with Crippen LogP contribution in [0, 0.1) is 24.0 Å². The number of non-ortho nitro benzene ring substituents is 1. The zero-order chi connectivity index (χ0) is 22.1. The van der Waals surface area contributed by atoms with E-state index >= 15 is 0 Å². The summed E-state index contributed by atoms with van der Waals surface area (Å²) >= 11 is 1.48. The first-order valence-corrected chi connectivity index (χ1v) is 10.2. The summed E-state index contributed by atoms with van der Waals surface area (Å²) in [6.45, 7) is 9.83. The Bertz CT molecular complexity index is 1080. The molecule has 0 saturated heterocycles. The van der Waals surface area contributed by atoms with Gasteiger partial charge in [-0.05, 0) is 58.9 Å². The largest absolute Gasteiger partial charge is 0.403 e. The minimum Gasteiger partial charge on any atom is -0.403 e. The van der Waals surface area contributed by atoms with Crippen molar-refractivity contribution in [3.63, 3.8) is 0 Å². The maximum Gasteiger partial charge on any atom is 0.344 e. The van der Waals surface area contributed by atoms with Crippen molar-refractivity contribution in [3.8, 4) is 5.88 Å². The van der Waals surface area contributed by atoms with E-state index in [2.05, 4.69) is 5.10 Å². The van der Waals surface area contributed by atoms with Gasteiger partial charge in [0, 0.05) is 17.0 Å². The molecule has 156 valence electrons. The van der Waals surface area contributed by atoms with Crippen LogP contribution in [-0.4, -0.2) is 20.7 Å². The van der Waals surface area contributed by atoms with E-state index in [1.807, 2.05) is 58.9 Å². The number of benzene rings is 2. The number of carbonyl (C=O) groups excluding carboxylic acids is 1. The third-order valence-electron chi connectivity index (χ3n) is 4.34. The molecule has 0 aliphatic carbocycles. The normalized spacial score (nSPS) is 11.4. The van der Waals surface area contributed by atoms with Gasteiger partial charge in [0.25, 0.3) is 5.69 Å². The fourth-order valence-corrected chi connectivity index (χ4v) is 3.66. The van der Waals surface area contributed by atoms with Crippen LogP contribution < -0.4 is 4.74 Å². The average Bonchev–Trinajstić information content (AvgIpc) is 2.99. The van der Waals surface area contributed by atoms with Crippen LogP contribution in [0.5, 0.6) is 5.88 Å². The molecule has 0 aliphatic heterocycles. The van der Waals surface area contributed by atoms with Crippen molar-refractivity contribution in [1.82, 2.24) is 9.78 Å². The number of nitro benzene ring substituents is 1. The van der Waals surface area contributed by atoms with Gasteiger partial charge in [0.2, 0.25) is 5.88 Å². The monoisotopic (exact) mass is 425 g/mol. The standard InChI is InChI=1S/C22H23N3O4S/c1-14-6-12-18(13-7-14)30-19-15(2)23-24(22(3,4)5)20(19)29-21(26)16-8-10-17(11-9-16)25(27)28/h6-13H,1-5H3. The SMILES string of the molecule is Cc1ccc(Sc2c(C)nn(C(C)(C)C)c2OC(=O)c2ccc([N+](=O)[O-])cc2)cc1. The second-order valence-corrected chi connectivity index (χ2v) is 8.99. The number of aromatic nitrogens is 2. The van der Waals surface area contributed by atoms with Gasteiger partial charge in [0.1, 0.15) is 0 Å². The maximum atomic E-state index is 12.8. The Kier molecular flexibility index (Phi) is 5.98. The summed E-state index contributed by atoms with van der Waals surface area (Å²) in [6.07, 6.45) is 0. The topological polar surface area (TPSA) is 87.3 Å². The Hall–Kier alpha value is -3.13. The molecule has 0 N–H and O–H groups in total. The summed E-state index contributed by atoms with van der Waals surface area (Å²) in [7, 11) is 0. The molecule has 0 bridgehead atoms. The quantitative estimate of drug-likeness (QED) is 0.303. The third kappa shape index (κ3) is 4.71. The molecule has 0 unspecified atom stereocenters. The summed E-state index contributed by atoms with van der Waals surface area (Å²) in [5.74, 6) is -0.241. The van der Waals surface area contributed by atoms with E-state index in [-0.39, 0.29) is 11.3 Å². The molecule has 3 rings (SSSR count). The van der Waals surface area contributed by atoms with Crippen LogP contribution in [0.25, 0.3) is 0 Å². The Balaban J connectivity index is 1.97. The first-order valence-electron chi connectivity index (χ1n) is 9.37. The zero-order valence-electron chi connectivity index (χ0n) is 17.5. The number of nitro groups is 1. The van der Waals surface area contributed by atoms with E-state index in [0.29, 0.717) is 5.88 Å². The number of ether oxygens (including phenoxy) is 1. The zero-order valence-corrected chi connectivity index (χ0v) is 18.3. The second kappa shape index (κ2) is 8.31. The lowest BCUT2D eigenvalue weighted by Gasteiger charge is -2.22. The Labute approximate surface area is 179 Å². The van der Waals surface area contributed by atoms with Gasteiger partial charge in [0.05, 0.1) is 26.6 Å². The summed E-state index contributed by atoms with van der Waals surface area (Å²) in [5.41, 5.74) is 1.64. The van der Waals surface area contributed by atoms with Crippen LogP contribution in [0.1, 0.15) is 42.4 Å².